The number of aromatic hydroxyl groups is 1. The quantitative estimate of drug-likeness (QED) is 0.493. The summed E-state index contributed by atoms with van der Waals surface area (Å²) >= 11 is 0. The fourth-order valence-electron chi connectivity index (χ4n) is 3.06. The lowest BCUT2D eigenvalue weighted by molar-refractivity contribution is -0.117. The molecule has 3 rings (SSSR count). The van der Waals surface area contributed by atoms with Gasteiger partial charge in [0.15, 0.2) is 0 Å². The van der Waals surface area contributed by atoms with Gasteiger partial charge in [0, 0.05) is 5.39 Å². The second kappa shape index (κ2) is 8.83. The molecular weight excluding hydrogens is 350 g/mol. The van der Waals surface area contributed by atoms with Crippen molar-refractivity contribution in [3.05, 3.63) is 77.5 Å². The van der Waals surface area contributed by atoms with Gasteiger partial charge in [-0.05, 0) is 30.2 Å². The number of phenols is 1. The third-order valence-corrected chi connectivity index (χ3v) is 4.46. The van der Waals surface area contributed by atoms with Gasteiger partial charge in [0.25, 0.3) is 5.91 Å². The minimum atomic E-state index is -0.441. The van der Waals surface area contributed by atoms with Gasteiger partial charge in [-0.25, -0.2) is 4.98 Å². The highest BCUT2D eigenvalue weighted by Crippen LogP contribution is 2.23. The summed E-state index contributed by atoms with van der Waals surface area (Å²) < 4.78 is 0. The Kier molecular flexibility index (Phi) is 6.03. The van der Waals surface area contributed by atoms with Gasteiger partial charge in [0.1, 0.15) is 22.9 Å². The number of benzene rings is 2. The van der Waals surface area contributed by atoms with E-state index in [-0.39, 0.29) is 17.4 Å². The number of hydrogen-bond donors (Lipinski definition) is 2. The maximum atomic E-state index is 12.7. The van der Waals surface area contributed by atoms with Crippen LogP contribution in [0.1, 0.15) is 37.1 Å². The number of nitriles is 1. The van der Waals surface area contributed by atoms with Crippen LogP contribution in [-0.2, 0) is 4.79 Å². The normalized spacial score (nSPS) is 12.4. The summed E-state index contributed by atoms with van der Waals surface area (Å²) in [6.45, 7) is 2.05. The van der Waals surface area contributed by atoms with Gasteiger partial charge in [-0.1, -0.05) is 61.9 Å². The topological polar surface area (TPSA) is 86.0 Å². The fourth-order valence-corrected chi connectivity index (χ4v) is 3.06. The van der Waals surface area contributed by atoms with Crippen molar-refractivity contribution in [2.24, 2.45) is 0 Å². The Labute approximate surface area is 164 Å². The minimum Gasteiger partial charge on any atom is -0.506 e. The third kappa shape index (κ3) is 4.36. The highest BCUT2D eigenvalue weighted by atomic mass is 16.3. The molecule has 0 aliphatic heterocycles. The summed E-state index contributed by atoms with van der Waals surface area (Å²) in [6, 6.07) is 20.1. The Morgan fingerprint density at radius 2 is 1.96 bits per heavy atom. The van der Waals surface area contributed by atoms with E-state index in [1.54, 1.807) is 24.3 Å². The van der Waals surface area contributed by atoms with Crippen LogP contribution >= 0.6 is 0 Å². The molecule has 1 heterocycles. The number of rotatable bonds is 6. The number of para-hydroxylation sites is 1. The first-order valence-electron chi connectivity index (χ1n) is 9.18. The molecule has 0 spiro atoms. The van der Waals surface area contributed by atoms with E-state index in [1.807, 2.05) is 42.5 Å². The number of carbonyl (C=O) groups is 1. The molecule has 1 aromatic heterocycles. The van der Waals surface area contributed by atoms with Crippen LogP contribution in [0.4, 0.5) is 0 Å². The Morgan fingerprint density at radius 1 is 1.18 bits per heavy atom. The second-order valence-electron chi connectivity index (χ2n) is 6.48. The van der Waals surface area contributed by atoms with E-state index < -0.39 is 5.91 Å². The van der Waals surface area contributed by atoms with Crippen LogP contribution < -0.4 is 5.32 Å². The largest absolute Gasteiger partial charge is 0.506 e. The summed E-state index contributed by atoms with van der Waals surface area (Å²) in [5.74, 6) is -0.383. The number of nitrogens with one attached hydrogen (secondary N) is 1. The average Bonchev–Trinajstić information content (AvgIpc) is 2.72. The maximum Gasteiger partial charge on any atom is 0.262 e. The number of nitrogens with zero attached hydrogens (tertiary/aromatic N) is 2. The van der Waals surface area contributed by atoms with E-state index in [9.17, 15) is 15.2 Å². The number of fused-ring (bicyclic) bond motifs is 1. The number of hydrogen-bond acceptors (Lipinski definition) is 4. The van der Waals surface area contributed by atoms with Gasteiger partial charge >= 0.3 is 0 Å². The highest BCUT2D eigenvalue weighted by molar-refractivity contribution is 6.02. The van der Waals surface area contributed by atoms with E-state index in [2.05, 4.69) is 17.2 Å². The number of aromatic nitrogens is 1. The van der Waals surface area contributed by atoms with Crippen molar-refractivity contribution < 1.29 is 9.90 Å². The first kappa shape index (κ1) is 19.1. The van der Waals surface area contributed by atoms with E-state index >= 15 is 0 Å². The number of phenolic OH excluding ortho intramolecular Hbond substituents is 1. The molecule has 0 radical (unpaired) electrons. The van der Waals surface area contributed by atoms with E-state index in [0.29, 0.717) is 11.2 Å². The molecule has 1 atom stereocenters. The molecule has 2 N–H and O–H groups in total. The molecule has 5 nitrogen and oxygen atoms in total. The van der Waals surface area contributed by atoms with Crippen molar-refractivity contribution in [3.63, 3.8) is 0 Å². The van der Waals surface area contributed by atoms with Gasteiger partial charge < -0.3 is 10.4 Å². The average molecular weight is 371 g/mol. The van der Waals surface area contributed by atoms with Crippen LogP contribution in [0.5, 0.6) is 5.75 Å². The number of pyridine rings is 1. The summed E-state index contributed by atoms with van der Waals surface area (Å²) in [5, 5.41) is 23.2. The molecule has 0 saturated heterocycles. The lowest BCUT2D eigenvalue weighted by Crippen LogP contribution is -2.29. The highest BCUT2D eigenvalue weighted by Gasteiger charge is 2.17. The molecule has 140 valence electrons. The number of carbonyl (C=O) groups excluding carboxylic acids is 1. The van der Waals surface area contributed by atoms with Crippen LogP contribution in [0, 0.1) is 11.3 Å². The Bertz CT molecular complexity index is 1050. The summed E-state index contributed by atoms with van der Waals surface area (Å²) in [4.78, 5) is 17.0. The van der Waals surface area contributed by atoms with E-state index in [1.165, 1.54) is 6.08 Å². The maximum absolute atomic E-state index is 12.7. The summed E-state index contributed by atoms with van der Waals surface area (Å²) in [5.41, 5.74) is 1.84. The molecule has 0 aliphatic carbocycles. The molecular formula is C23H21N3O2. The van der Waals surface area contributed by atoms with Crippen molar-refractivity contribution in [1.29, 1.82) is 5.26 Å². The standard InChI is InChI=1S/C23H21N3O2/c1-2-7-20(16-8-4-3-5-9-16)26-23(28)18(15-24)14-19-13-12-17-10-6-11-21(27)22(17)25-19/h3-6,8-14,20,27H,2,7H2,1H3,(H,26,28)/b18-14+/t20-/m0/s1. The third-order valence-electron chi connectivity index (χ3n) is 4.46. The van der Waals surface area contributed by atoms with Crippen LogP contribution in [0.15, 0.2) is 66.2 Å². The van der Waals surface area contributed by atoms with Crippen LogP contribution in [0.2, 0.25) is 0 Å². The SMILES string of the molecule is CCC[C@H](NC(=O)/C(C#N)=C/c1ccc2cccc(O)c2n1)c1ccccc1. The molecule has 0 fully saturated rings. The zero-order valence-corrected chi connectivity index (χ0v) is 15.6. The van der Waals surface area contributed by atoms with Crippen molar-refractivity contribution >= 4 is 22.9 Å². The first-order chi connectivity index (χ1) is 13.6. The van der Waals surface area contributed by atoms with Gasteiger partial charge in [-0.3, -0.25) is 4.79 Å². The van der Waals surface area contributed by atoms with Crippen molar-refractivity contribution in [2.45, 2.75) is 25.8 Å². The van der Waals surface area contributed by atoms with Crippen LogP contribution in [0.3, 0.4) is 0 Å². The molecule has 2 aromatic carbocycles. The van der Waals surface area contributed by atoms with E-state index in [4.69, 9.17) is 0 Å². The Balaban J connectivity index is 1.86. The predicted molar refractivity (Wildman–Crippen MR) is 109 cm³/mol. The Hall–Kier alpha value is -3.65. The van der Waals surface area contributed by atoms with Crippen molar-refractivity contribution in [1.82, 2.24) is 10.3 Å². The molecule has 0 bridgehead atoms. The fraction of sp³-hybridized carbons (Fsp3) is 0.174. The van der Waals surface area contributed by atoms with Gasteiger partial charge in [-0.15, -0.1) is 0 Å². The zero-order chi connectivity index (χ0) is 19.9. The molecule has 0 unspecified atom stereocenters. The molecule has 5 heteroatoms. The van der Waals surface area contributed by atoms with E-state index in [0.717, 1.165) is 23.8 Å². The Morgan fingerprint density at radius 3 is 2.68 bits per heavy atom. The van der Waals surface area contributed by atoms with Gasteiger partial charge in [0.05, 0.1) is 11.7 Å². The van der Waals surface area contributed by atoms with Crippen molar-refractivity contribution in [2.75, 3.05) is 0 Å². The summed E-state index contributed by atoms with van der Waals surface area (Å²) in [7, 11) is 0. The summed E-state index contributed by atoms with van der Waals surface area (Å²) in [6.07, 6.45) is 3.11. The van der Waals surface area contributed by atoms with Crippen molar-refractivity contribution in [3.8, 4) is 11.8 Å². The van der Waals surface area contributed by atoms with Crippen LogP contribution in [-0.4, -0.2) is 16.0 Å². The first-order valence-corrected chi connectivity index (χ1v) is 9.18. The minimum absolute atomic E-state index is 0.0284. The molecule has 0 saturated carbocycles. The lowest BCUT2D eigenvalue weighted by atomic mass is 10.0. The predicted octanol–water partition coefficient (Wildman–Crippen LogP) is 4.50. The molecule has 3 aromatic rings. The monoisotopic (exact) mass is 371 g/mol. The van der Waals surface area contributed by atoms with Crippen LogP contribution in [0.25, 0.3) is 17.0 Å². The zero-order valence-electron chi connectivity index (χ0n) is 15.6. The van der Waals surface area contributed by atoms with Gasteiger partial charge in [0.2, 0.25) is 0 Å². The second-order valence-corrected chi connectivity index (χ2v) is 6.48. The molecule has 0 aliphatic rings. The number of amides is 1. The molecule has 1 amide bonds. The molecule has 28 heavy (non-hydrogen) atoms. The smallest absolute Gasteiger partial charge is 0.262 e. The lowest BCUT2D eigenvalue weighted by Gasteiger charge is -2.18. The van der Waals surface area contributed by atoms with Gasteiger partial charge in [-0.2, -0.15) is 5.26 Å².